The number of aromatic nitrogens is 3. The van der Waals surface area contributed by atoms with Crippen molar-refractivity contribution >= 4 is 5.82 Å². The quantitative estimate of drug-likeness (QED) is 0.827. The fourth-order valence-corrected chi connectivity index (χ4v) is 3.28. The highest BCUT2D eigenvalue weighted by atomic mass is 16.5. The number of rotatable bonds is 5. The Bertz CT molecular complexity index is 785. The van der Waals surface area contributed by atoms with Crippen molar-refractivity contribution in [3.63, 3.8) is 0 Å². The molecule has 1 saturated heterocycles. The number of nitrogens with zero attached hydrogens (tertiary/aromatic N) is 5. The van der Waals surface area contributed by atoms with Gasteiger partial charge in [-0.05, 0) is 32.8 Å². The van der Waals surface area contributed by atoms with E-state index in [2.05, 4.69) is 26.1 Å². The molecule has 2 aliphatic rings. The molecular weight excluding hydrogens is 318 g/mol. The summed E-state index contributed by atoms with van der Waals surface area (Å²) < 4.78 is 6.99. The summed E-state index contributed by atoms with van der Waals surface area (Å²) in [7, 11) is 0. The van der Waals surface area contributed by atoms with Gasteiger partial charge in [0.2, 0.25) is 0 Å². The largest absolute Gasteiger partial charge is 0.361 e. The van der Waals surface area contributed by atoms with E-state index >= 15 is 0 Å². The van der Waals surface area contributed by atoms with Gasteiger partial charge in [-0.3, -0.25) is 9.69 Å². The van der Waals surface area contributed by atoms with Crippen molar-refractivity contribution in [1.29, 1.82) is 0 Å². The number of hydrogen-bond donors (Lipinski definition) is 0. The van der Waals surface area contributed by atoms with Crippen LogP contribution in [0.5, 0.6) is 0 Å². The average molecular weight is 343 g/mol. The van der Waals surface area contributed by atoms with Gasteiger partial charge in [0.25, 0.3) is 5.56 Å². The van der Waals surface area contributed by atoms with Gasteiger partial charge in [-0.1, -0.05) is 5.16 Å². The number of piperazine rings is 1. The zero-order valence-corrected chi connectivity index (χ0v) is 14.9. The first-order valence-electron chi connectivity index (χ1n) is 9.13. The molecule has 3 heterocycles. The Kier molecular flexibility index (Phi) is 4.33. The Labute approximate surface area is 147 Å². The second-order valence-corrected chi connectivity index (χ2v) is 7.33. The summed E-state index contributed by atoms with van der Waals surface area (Å²) in [5, 5.41) is 8.73. The van der Waals surface area contributed by atoms with E-state index in [-0.39, 0.29) is 11.6 Å². The van der Waals surface area contributed by atoms with E-state index in [1.165, 1.54) is 12.8 Å². The molecule has 0 radical (unpaired) electrons. The maximum absolute atomic E-state index is 11.9. The average Bonchev–Trinajstić information content (AvgIpc) is 3.36. The Morgan fingerprint density at radius 2 is 1.96 bits per heavy atom. The van der Waals surface area contributed by atoms with E-state index in [4.69, 9.17) is 4.52 Å². The molecule has 1 saturated carbocycles. The fourth-order valence-electron chi connectivity index (χ4n) is 3.28. The summed E-state index contributed by atoms with van der Waals surface area (Å²) in [5.74, 6) is 2.54. The lowest BCUT2D eigenvalue weighted by atomic mass is 10.2. The van der Waals surface area contributed by atoms with Crippen LogP contribution in [0.1, 0.15) is 50.1 Å². The lowest BCUT2D eigenvalue weighted by Crippen LogP contribution is -2.46. The molecule has 25 heavy (non-hydrogen) atoms. The van der Waals surface area contributed by atoms with Crippen LogP contribution >= 0.6 is 0 Å². The van der Waals surface area contributed by atoms with Crippen molar-refractivity contribution in [2.24, 2.45) is 0 Å². The lowest BCUT2D eigenvalue weighted by Gasteiger charge is -2.35. The van der Waals surface area contributed by atoms with Crippen LogP contribution < -0.4 is 10.5 Å². The van der Waals surface area contributed by atoms with Crippen molar-refractivity contribution in [2.75, 3.05) is 31.1 Å². The van der Waals surface area contributed by atoms with Crippen LogP contribution in [-0.4, -0.2) is 46.0 Å². The zero-order chi connectivity index (χ0) is 17.4. The maximum Gasteiger partial charge on any atom is 0.267 e. The van der Waals surface area contributed by atoms with E-state index in [9.17, 15) is 4.79 Å². The number of hydrogen-bond acceptors (Lipinski definition) is 6. The van der Waals surface area contributed by atoms with Crippen LogP contribution in [0.25, 0.3) is 0 Å². The van der Waals surface area contributed by atoms with Crippen LogP contribution in [0.4, 0.5) is 5.82 Å². The second kappa shape index (κ2) is 6.63. The molecule has 2 aromatic heterocycles. The second-order valence-electron chi connectivity index (χ2n) is 7.33. The van der Waals surface area contributed by atoms with Crippen LogP contribution in [0.3, 0.4) is 0 Å². The van der Waals surface area contributed by atoms with Gasteiger partial charge in [0.1, 0.15) is 11.6 Å². The fraction of sp³-hybridized carbons (Fsp3) is 0.611. The van der Waals surface area contributed by atoms with Gasteiger partial charge in [0.15, 0.2) is 0 Å². The van der Waals surface area contributed by atoms with Crippen molar-refractivity contribution in [3.8, 4) is 0 Å². The summed E-state index contributed by atoms with van der Waals surface area (Å²) in [6, 6.07) is 5.63. The molecule has 4 rings (SSSR count). The molecule has 1 aliphatic carbocycles. The molecule has 1 aliphatic heterocycles. The van der Waals surface area contributed by atoms with Crippen molar-refractivity contribution in [3.05, 3.63) is 40.0 Å². The molecule has 134 valence electrons. The minimum atomic E-state index is -0.0464. The standard InChI is InChI=1S/C18H25N5O2/c1-13(2)23-18(24)6-5-17(19-23)22-9-7-21(8-10-22)12-15-11-16(25-20-15)14-3-4-14/h5-6,11,13-14H,3-4,7-10,12H2,1-2H3. The van der Waals surface area contributed by atoms with Gasteiger partial charge in [-0.2, -0.15) is 5.10 Å². The molecule has 0 bridgehead atoms. The Balaban J connectivity index is 1.36. The number of anilines is 1. The van der Waals surface area contributed by atoms with Crippen molar-refractivity contribution in [2.45, 2.75) is 45.2 Å². The van der Waals surface area contributed by atoms with Gasteiger partial charge in [0.05, 0.1) is 11.7 Å². The van der Waals surface area contributed by atoms with Gasteiger partial charge in [0, 0.05) is 50.8 Å². The summed E-state index contributed by atoms with van der Waals surface area (Å²) in [6.07, 6.45) is 2.47. The Morgan fingerprint density at radius 1 is 1.20 bits per heavy atom. The topological polar surface area (TPSA) is 67.4 Å². The third kappa shape index (κ3) is 3.61. The minimum absolute atomic E-state index is 0.0464. The SMILES string of the molecule is CC(C)n1nc(N2CCN(Cc3cc(C4CC4)on3)CC2)ccc1=O. The predicted molar refractivity (Wildman–Crippen MR) is 94.9 cm³/mol. The minimum Gasteiger partial charge on any atom is -0.361 e. The van der Waals surface area contributed by atoms with E-state index in [0.29, 0.717) is 5.92 Å². The normalized spacial score (nSPS) is 18.9. The highest BCUT2D eigenvalue weighted by molar-refractivity contribution is 5.37. The first-order valence-corrected chi connectivity index (χ1v) is 9.13. The molecule has 0 amide bonds. The molecule has 0 unspecified atom stereocenters. The maximum atomic E-state index is 11.9. The van der Waals surface area contributed by atoms with Gasteiger partial charge >= 0.3 is 0 Å². The summed E-state index contributed by atoms with van der Waals surface area (Å²) in [5.41, 5.74) is 0.983. The molecule has 7 nitrogen and oxygen atoms in total. The van der Waals surface area contributed by atoms with Gasteiger partial charge in [-0.15, -0.1) is 0 Å². The van der Waals surface area contributed by atoms with Crippen molar-refractivity contribution in [1.82, 2.24) is 19.8 Å². The summed E-state index contributed by atoms with van der Waals surface area (Å²) in [6.45, 7) is 8.49. The smallest absolute Gasteiger partial charge is 0.267 e. The highest BCUT2D eigenvalue weighted by Crippen LogP contribution is 2.40. The van der Waals surface area contributed by atoms with Crippen LogP contribution in [0.15, 0.2) is 27.5 Å². The molecule has 2 fully saturated rings. The van der Waals surface area contributed by atoms with Crippen LogP contribution in [-0.2, 0) is 6.54 Å². The molecule has 0 spiro atoms. The van der Waals surface area contributed by atoms with E-state index < -0.39 is 0 Å². The van der Waals surface area contributed by atoms with Crippen molar-refractivity contribution < 1.29 is 4.52 Å². The third-order valence-electron chi connectivity index (χ3n) is 4.94. The molecule has 7 heteroatoms. The van der Waals surface area contributed by atoms with E-state index in [1.54, 1.807) is 10.7 Å². The predicted octanol–water partition coefficient (Wildman–Crippen LogP) is 2.01. The molecule has 0 N–H and O–H groups in total. The zero-order valence-electron chi connectivity index (χ0n) is 14.9. The van der Waals surface area contributed by atoms with Crippen LogP contribution in [0.2, 0.25) is 0 Å². The Morgan fingerprint density at radius 3 is 2.64 bits per heavy atom. The van der Waals surface area contributed by atoms with Gasteiger partial charge in [-0.25, -0.2) is 4.68 Å². The molecule has 0 aromatic carbocycles. The third-order valence-corrected chi connectivity index (χ3v) is 4.94. The van der Waals surface area contributed by atoms with E-state index in [1.807, 2.05) is 19.9 Å². The summed E-state index contributed by atoms with van der Waals surface area (Å²) >= 11 is 0. The Hall–Kier alpha value is -2.15. The first kappa shape index (κ1) is 16.3. The van der Waals surface area contributed by atoms with E-state index in [0.717, 1.165) is 50.0 Å². The van der Waals surface area contributed by atoms with Gasteiger partial charge < -0.3 is 9.42 Å². The molecular formula is C18H25N5O2. The summed E-state index contributed by atoms with van der Waals surface area (Å²) in [4.78, 5) is 16.5. The monoisotopic (exact) mass is 343 g/mol. The van der Waals surface area contributed by atoms with Crippen LogP contribution in [0, 0.1) is 0 Å². The first-order chi connectivity index (χ1) is 12.1. The highest BCUT2D eigenvalue weighted by Gasteiger charge is 2.28. The lowest BCUT2D eigenvalue weighted by molar-refractivity contribution is 0.240. The molecule has 2 aromatic rings. The molecule has 0 atom stereocenters.